The third-order valence-corrected chi connectivity index (χ3v) is 4.90. The summed E-state index contributed by atoms with van der Waals surface area (Å²) >= 11 is 0. The van der Waals surface area contributed by atoms with Crippen molar-refractivity contribution in [2.24, 2.45) is 0 Å². The van der Waals surface area contributed by atoms with Crippen LogP contribution in [0.15, 0.2) is 66.4 Å². The molecule has 0 aromatic heterocycles. The maximum absolute atomic E-state index is 12.8. The second-order valence-corrected chi connectivity index (χ2v) is 6.80. The number of benzene rings is 3. The lowest BCUT2D eigenvalue weighted by molar-refractivity contribution is 0.0727. The predicted octanol–water partition coefficient (Wildman–Crippen LogP) is 4.55. The fraction of sp³-hybridized carbons (Fsp3) is 0.120. The molecule has 0 amide bonds. The van der Waals surface area contributed by atoms with E-state index in [0.29, 0.717) is 28.6 Å². The molecule has 4 rings (SSSR count). The van der Waals surface area contributed by atoms with Gasteiger partial charge in [-0.2, -0.15) is 0 Å². The Balaban J connectivity index is 1.57. The van der Waals surface area contributed by atoms with Crippen molar-refractivity contribution < 1.29 is 33.3 Å². The maximum Gasteiger partial charge on any atom is 0.351 e. The van der Waals surface area contributed by atoms with Crippen molar-refractivity contribution in [1.29, 1.82) is 0 Å². The molecule has 32 heavy (non-hydrogen) atoms. The van der Waals surface area contributed by atoms with Gasteiger partial charge in [-0.25, -0.2) is 4.79 Å². The zero-order chi connectivity index (χ0) is 22.7. The molecule has 0 N–H and O–H groups in total. The van der Waals surface area contributed by atoms with Gasteiger partial charge in [0, 0.05) is 6.07 Å². The minimum Gasteiger partial charge on any atom is -0.497 e. The smallest absolute Gasteiger partial charge is 0.351 e. The summed E-state index contributed by atoms with van der Waals surface area (Å²) in [6.07, 6.45) is 1.65. The Kier molecular flexibility index (Phi) is 5.81. The quantitative estimate of drug-likeness (QED) is 0.321. The summed E-state index contributed by atoms with van der Waals surface area (Å²) in [6, 6.07) is 16.8. The molecule has 0 saturated carbocycles. The van der Waals surface area contributed by atoms with E-state index in [1.54, 1.807) is 49.6 Å². The highest BCUT2D eigenvalue weighted by Gasteiger charge is 2.28. The SMILES string of the molecule is COc1ccc(C=C2Oc3cc(OC(=O)c4c(OC)cccc4OC)ccc3C2=O)cc1. The summed E-state index contributed by atoms with van der Waals surface area (Å²) in [4.78, 5) is 25.5. The summed E-state index contributed by atoms with van der Waals surface area (Å²) in [5.74, 6) is 1.18. The van der Waals surface area contributed by atoms with Crippen LogP contribution in [-0.2, 0) is 0 Å². The number of hydrogen-bond acceptors (Lipinski definition) is 7. The molecule has 0 bridgehead atoms. The number of carbonyl (C=O) groups excluding carboxylic acids is 2. The van der Waals surface area contributed by atoms with E-state index in [2.05, 4.69) is 0 Å². The molecule has 7 heteroatoms. The fourth-order valence-corrected chi connectivity index (χ4v) is 3.29. The van der Waals surface area contributed by atoms with E-state index < -0.39 is 5.97 Å². The molecule has 0 radical (unpaired) electrons. The molecule has 0 saturated heterocycles. The molecule has 0 spiro atoms. The number of esters is 1. The monoisotopic (exact) mass is 432 g/mol. The van der Waals surface area contributed by atoms with Gasteiger partial charge in [0.1, 0.15) is 34.3 Å². The summed E-state index contributed by atoms with van der Waals surface area (Å²) in [7, 11) is 4.50. The second kappa shape index (κ2) is 8.85. The number of methoxy groups -OCH3 is 3. The van der Waals surface area contributed by atoms with Crippen LogP contribution in [0.4, 0.5) is 0 Å². The number of rotatable bonds is 6. The van der Waals surface area contributed by atoms with Crippen LogP contribution in [0.25, 0.3) is 6.08 Å². The highest BCUT2D eigenvalue weighted by atomic mass is 16.5. The van der Waals surface area contributed by atoms with Crippen molar-refractivity contribution in [2.75, 3.05) is 21.3 Å². The topological polar surface area (TPSA) is 80.3 Å². The van der Waals surface area contributed by atoms with E-state index in [1.807, 2.05) is 12.1 Å². The summed E-state index contributed by atoms with van der Waals surface area (Å²) < 4.78 is 26.9. The first kappa shape index (κ1) is 21.0. The Bertz CT molecular complexity index is 1190. The molecule has 0 atom stereocenters. The average Bonchev–Trinajstić information content (AvgIpc) is 3.13. The lowest BCUT2D eigenvalue weighted by Crippen LogP contribution is -2.12. The number of ether oxygens (including phenoxy) is 5. The minimum atomic E-state index is -0.655. The van der Waals surface area contributed by atoms with Gasteiger partial charge in [-0.05, 0) is 48.0 Å². The average molecular weight is 432 g/mol. The standard InChI is InChI=1S/C25H20O7/c1-28-16-9-7-15(8-10-16)13-22-24(26)18-12-11-17(14-21(18)32-22)31-25(27)23-19(29-2)5-4-6-20(23)30-3/h4-14H,1-3H3. The van der Waals surface area contributed by atoms with Gasteiger partial charge in [0.25, 0.3) is 0 Å². The Labute approximate surface area is 184 Å². The Morgan fingerprint density at radius 1 is 0.844 bits per heavy atom. The van der Waals surface area contributed by atoms with Crippen molar-refractivity contribution >= 4 is 17.8 Å². The summed E-state index contributed by atoms with van der Waals surface area (Å²) in [5, 5.41) is 0. The third kappa shape index (κ3) is 4.00. The first-order valence-electron chi connectivity index (χ1n) is 9.69. The summed E-state index contributed by atoms with van der Waals surface area (Å²) in [5.41, 5.74) is 1.34. The van der Waals surface area contributed by atoms with Gasteiger partial charge < -0.3 is 23.7 Å². The number of allylic oxidation sites excluding steroid dienone is 1. The van der Waals surface area contributed by atoms with Crippen LogP contribution in [0.2, 0.25) is 0 Å². The zero-order valence-electron chi connectivity index (χ0n) is 17.7. The lowest BCUT2D eigenvalue weighted by atomic mass is 10.1. The van der Waals surface area contributed by atoms with Crippen LogP contribution in [0.1, 0.15) is 26.3 Å². The first-order valence-corrected chi connectivity index (χ1v) is 9.69. The van der Waals surface area contributed by atoms with Crippen molar-refractivity contribution in [3.05, 3.63) is 83.1 Å². The normalized spacial score (nSPS) is 13.3. The van der Waals surface area contributed by atoms with E-state index in [-0.39, 0.29) is 22.9 Å². The van der Waals surface area contributed by atoms with Gasteiger partial charge in [-0.15, -0.1) is 0 Å². The van der Waals surface area contributed by atoms with E-state index in [1.165, 1.54) is 26.4 Å². The van der Waals surface area contributed by atoms with E-state index >= 15 is 0 Å². The van der Waals surface area contributed by atoms with Crippen molar-refractivity contribution in [3.8, 4) is 28.7 Å². The van der Waals surface area contributed by atoms with Gasteiger partial charge in [0.05, 0.1) is 26.9 Å². The largest absolute Gasteiger partial charge is 0.497 e. The molecule has 3 aromatic carbocycles. The van der Waals surface area contributed by atoms with Crippen molar-refractivity contribution in [3.63, 3.8) is 0 Å². The number of Topliss-reactive ketones (excluding diaryl/α,β-unsaturated/α-hetero) is 1. The van der Waals surface area contributed by atoms with Crippen molar-refractivity contribution in [2.45, 2.75) is 0 Å². The Morgan fingerprint density at radius 3 is 2.12 bits per heavy atom. The minimum absolute atomic E-state index is 0.162. The van der Waals surface area contributed by atoms with Crippen LogP contribution in [-0.4, -0.2) is 33.1 Å². The molecule has 3 aromatic rings. The predicted molar refractivity (Wildman–Crippen MR) is 117 cm³/mol. The van der Waals surface area contributed by atoms with Crippen LogP contribution >= 0.6 is 0 Å². The summed E-state index contributed by atoms with van der Waals surface area (Å²) in [6.45, 7) is 0. The lowest BCUT2D eigenvalue weighted by Gasteiger charge is -2.12. The van der Waals surface area contributed by atoms with E-state index in [4.69, 9.17) is 23.7 Å². The molecule has 1 aliphatic rings. The number of ketones is 1. The second-order valence-electron chi connectivity index (χ2n) is 6.80. The maximum atomic E-state index is 12.8. The van der Waals surface area contributed by atoms with Gasteiger partial charge in [0.15, 0.2) is 5.76 Å². The molecule has 7 nitrogen and oxygen atoms in total. The van der Waals surface area contributed by atoms with Crippen LogP contribution < -0.4 is 23.7 Å². The van der Waals surface area contributed by atoms with E-state index in [9.17, 15) is 9.59 Å². The van der Waals surface area contributed by atoms with Gasteiger partial charge in [0.2, 0.25) is 5.78 Å². The number of hydrogen-bond donors (Lipinski definition) is 0. The van der Waals surface area contributed by atoms with Gasteiger partial charge in [-0.3, -0.25) is 4.79 Å². The first-order chi connectivity index (χ1) is 15.5. The number of fused-ring (bicyclic) bond motifs is 1. The molecule has 162 valence electrons. The highest BCUT2D eigenvalue weighted by molar-refractivity contribution is 6.14. The van der Waals surface area contributed by atoms with Crippen LogP contribution in [0, 0.1) is 0 Å². The molecule has 0 unspecified atom stereocenters. The molecular formula is C25H20O7. The van der Waals surface area contributed by atoms with Crippen LogP contribution in [0.3, 0.4) is 0 Å². The van der Waals surface area contributed by atoms with Gasteiger partial charge in [-0.1, -0.05) is 18.2 Å². The number of carbonyl (C=O) groups is 2. The fourth-order valence-electron chi connectivity index (χ4n) is 3.29. The van der Waals surface area contributed by atoms with Crippen LogP contribution in [0.5, 0.6) is 28.7 Å². The van der Waals surface area contributed by atoms with E-state index in [0.717, 1.165) is 5.56 Å². The zero-order valence-corrected chi connectivity index (χ0v) is 17.7. The molecule has 1 aliphatic heterocycles. The Hall–Kier alpha value is -4.26. The molecule has 1 heterocycles. The highest BCUT2D eigenvalue weighted by Crippen LogP contribution is 2.36. The van der Waals surface area contributed by atoms with Crippen molar-refractivity contribution in [1.82, 2.24) is 0 Å². The third-order valence-electron chi connectivity index (χ3n) is 4.90. The molecule has 0 fully saturated rings. The van der Waals surface area contributed by atoms with Gasteiger partial charge >= 0.3 is 5.97 Å². The molecule has 0 aliphatic carbocycles. The molecular weight excluding hydrogens is 412 g/mol. The Morgan fingerprint density at radius 2 is 1.50 bits per heavy atom.